The lowest BCUT2D eigenvalue weighted by Gasteiger charge is -2.18. The average molecular weight is 281 g/mol. The summed E-state index contributed by atoms with van der Waals surface area (Å²) < 4.78 is 1.37. The van der Waals surface area contributed by atoms with Crippen LogP contribution in [0.1, 0.15) is 23.5 Å². The lowest BCUT2D eigenvalue weighted by Crippen LogP contribution is -2.13. The highest BCUT2D eigenvalue weighted by Crippen LogP contribution is 2.31. The van der Waals surface area contributed by atoms with E-state index in [1.165, 1.54) is 21.2 Å². The molecular weight excluding hydrogens is 262 g/mol. The first kappa shape index (κ1) is 13.3. The smallest absolute Gasteiger partial charge is 0.0342 e. The summed E-state index contributed by atoms with van der Waals surface area (Å²) in [6.07, 6.45) is 1.12. The predicted octanol–water partition coefficient (Wildman–Crippen LogP) is 4.64. The third kappa shape index (κ3) is 2.77. The average Bonchev–Trinajstić information content (AvgIpc) is 2.96. The zero-order valence-corrected chi connectivity index (χ0v) is 12.5. The zero-order chi connectivity index (χ0) is 13.8. The minimum absolute atomic E-state index is 0.466. The predicted molar refractivity (Wildman–Crippen MR) is 88.7 cm³/mol. The molecule has 3 aromatic rings. The Hall–Kier alpha value is -1.64. The number of rotatable bonds is 5. The maximum absolute atomic E-state index is 3.27. The molecule has 0 bridgehead atoms. The highest BCUT2D eigenvalue weighted by Gasteiger charge is 2.14. The van der Waals surface area contributed by atoms with Crippen LogP contribution >= 0.6 is 11.3 Å². The molecule has 2 heteroatoms. The number of fused-ring (bicyclic) bond motifs is 1. The molecule has 0 aliphatic heterocycles. The summed E-state index contributed by atoms with van der Waals surface area (Å²) >= 11 is 1.81. The van der Waals surface area contributed by atoms with Gasteiger partial charge < -0.3 is 5.32 Å². The van der Waals surface area contributed by atoms with Crippen LogP contribution in [0.3, 0.4) is 0 Å². The molecule has 3 rings (SSSR count). The number of hydrogen-bond donors (Lipinski definition) is 1. The fraction of sp³-hybridized carbons (Fsp3) is 0.222. The zero-order valence-electron chi connectivity index (χ0n) is 11.7. The molecule has 1 heterocycles. The molecule has 1 unspecified atom stereocenters. The van der Waals surface area contributed by atoms with E-state index in [1.54, 1.807) is 0 Å². The maximum atomic E-state index is 3.27. The third-order valence-electron chi connectivity index (χ3n) is 3.76. The van der Waals surface area contributed by atoms with Gasteiger partial charge in [0.05, 0.1) is 0 Å². The van der Waals surface area contributed by atoms with E-state index in [-0.39, 0.29) is 0 Å². The molecule has 0 fully saturated rings. The Bertz CT molecular complexity index is 672. The molecule has 0 saturated carbocycles. The molecule has 1 atom stereocenters. The minimum Gasteiger partial charge on any atom is -0.320 e. The Kier molecular flexibility index (Phi) is 4.14. The summed E-state index contributed by atoms with van der Waals surface area (Å²) in [7, 11) is 2.02. The second-order valence-corrected chi connectivity index (χ2v) is 6.02. The quantitative estimate of drug-likeness (QED) is 0.718. The second kappa shape index (κ2) is 6.21. The third-order valence-corrected chi connectivity index (χ3v) is 4.66. The largest absolute Gasteiger partial charge is 0.320 e. The summed E-state index contributed by atoms with van der Waals surface area (Å²) in [6.45, 7) is 1.03. The van der Waals surface area contributed by atoms with Crippen LogP contribution in [0.5, 0.6) is 0 Å². The molecule has 0 saturated heterocycles. The Morgan fingerprint density at radius 2 is 1.85 bits per heavy atom. The van der Waals surface area contributed by atoms with Crippen LogP contribution in [0, 0.1) is 0 Å². The number of nitrogens with one attached hydrogen (secondary N) is 1. The van der Waals surface area contributed by atoms with Gasteiger partial charge in [-0.2, -0.15) is 0 Å². The van der Waals surface area contributed by atoms with Crippen molar-refractivity contribution in [2.24, 2.45) is 0 Å². The van der Waals surface area contributed by atoms with Crippen LogP contribution in [-0.2, 0) is 0 Å². The highest BCUT2D eigenvalue weighted by atomic mass is 32.1. The van der Waals surface area contributed by atoms with E-state index in [1.807, 2.05) is 18.4 Å². The van der Waals surface area contributed by atoms with Gasteiger partial charge >= 0.3 is 0 Å². The van der Waals surface area contributed by atoms with Crippen molar-refractivity contribution in [2.45, 2.75) is 12.3 Å². The van der Waals surface area contributed by atoms with E-state index in [0.29, 0.717) is 5.92 Å². The van der Waals surface area contributed by atoms with Crippen molar-refractivity contribution in [3.8, 4) is 0 Å². The van der Waals surface area contributed by atoms with Crippen LogP contribution < -0.4 is 5.32 Å². The Balaban J connectivity index is 1.99. The molecule has 0 spiro atoms. The van der Waals surface area contributed by atoms with Gasteiger partial charge in [-0.15, -0.1) is 11.3 Å². The molecule has 102 valence electrons. The number of hydrogen-bond acceptors (Lipinski definition) is 2. The highest BCUT2D eigenvalue weighted by molar-refractivity contribution is 7.17. The first-order chi connectivity index (χ1) is 9.88. The van der Waals surface area contributed by atoms with Crippen molar-refractivity contribution in [1.29, 1.82) is 0 Å². The number of thiophene rings is 1. The molecule has 2 aromatic carbocycles. The summed E-state index contributed by atoms with van der Waals surface area (Å²) in [4.78, 5) is 0. The van der Waals surface area contributed by atoms with Crippen molar-refractivity contribution in [3.63, 3.8) is 0 Å². The minimum atomic E-state index is 0.466. The topological polar surface area (TPSA) is 12.0 Å². The molecular formula is C18H19NS. The van der Waals surface area contributed by atoms with Crippen LogP contribution in [-0.4, -0.2) is 13.6 Å². The lowest BCUT2D eigenvalue weighted by molar-refractivity contribution is 0.662. The van der Waals surface area contributed by atoms with Crippen molar-refractivity contribution in [3.05, 3.63) is 71.1 Å². The maximum Gasteiger partial charge on any atom is 0.0342 e. The van der Waals surface area contributed by atoms with Gasteiger partial charge in [-0.3, -0.25) is 0 Å². The lowest BCUT2D eigenvalue weighted by atomic mass is 9.88. The normalized spacial score (nSPS) is 12.7. The Morgan fingerprint density at radius 1 is 1.00 bits per heavy atom. The van der Waals surface area contributed by atoms with Crippen molar-refractivity contribution < 1.29 is 0 Å². The van der Waals surface area contributed by atoms with Crippen molar-refractivity contribution >= 4 is 21.4 Å². The summed E-state index contributed by atoms with van der Waals surface area (Å²) in [5, 5.41) is 6.80. The molecule has 1 aromatic heterocycles. The van der Waals surface area contributed by atoms with E-state index >= 15 is 0 Å². The molecule has 0 aliphatic carbocycles. The molecule has 1 nitrogen and oxygen atoms in total. The van der Waals surface area contributed by atoms with Gasteiger partial charge in [0.1, 0.15) is 0 Å². The van der Waals surface area contributed by atoms with E-state index < -0.39 is 0 Å². The van der Waals surface area contributed by atoms with Gasteiger partial charge in [-0.05, 0) is 60.1 Å². The first-order valence-corrected chi connectivity index (χ1v) is 7.93. The van der Waals surface area contributed by atoms with E-state index in [4.69, 9.17) is 0 Å². The Morgan fingerprint density at radius 3 is 2.65 bits per heavy atom. The standard InChI is InChI=1S/C18H19NS/c1-19-11-9-17(14-5-3-2-4-6-14)15-7-8-18-16(13-15)10-12-20-18/h2-8,10,12-13,17,19H,9,11H2,1H3. The van der Waals surface area contributed by atoms with E-state index in [2.05, 4.69) is 65.3 Å². The molecule has 1 N–H and O–H groups in total. The van der Waals surface area contributed by atoms with Gasteiger partial charge in [0.25, 0.3) is 0 Å². The summed E-state index contributed by atoms with van der Waals surface area (Å²) in [5.74, 6) is 0.466. The van der Waals surface area contributed by atoms with Crippen LogP contribution in [0.4, 0.5) is 0 Å². The molecule has 0 radical (unpaired) electrons. The number of benzene rings is 2. The molecule has 20 heavy (non-hydrogen) atoms. The fourth-order valence-corrected chi connectivity index (χ4v) is 3.47. The molecule has 0 amide bonds. The van der Waals surface area contributed by atoms with Crippen LogP contribution in [0.25, 0.3) is 10.1 Å². The fourth-order valence-electron chi connectivity index (χ4n) is 2.70. The van der Waals surface area contributed by atoms with Gasteiger partial charge in [0.15, 0.2) is 0 Å². The Labute approximate surface area is 124 Å². The van der Waals surface area contributed by atoms with Crippen molar-refractivity contribution in [1.82, 2.24) is 5.32 Å². The molecule has 0 aliphatic rings. The van der Waals surface area contributed by atoms with E-state index in [9.17, 15) is 0 Å². The monoisotopic (exact) mass is 281 g/mol. The summed E-state index contributed by atoms with van der Waals surface area (Å²) in [5.41, 5.74) is 2.81. The van der Waals surface area contributed by atoms with Crippen molar-refractivity contribution in [2.75, 3.05) is 13.6 Å². The van der Waals surface area contributed by atoms with Gasteiger partial charge in [-0.1, -0.05) is 36.4 Å². The van der Waals surface area contributed by atoms with Gasteiger partial charge in [-0.25, -0.2) is 0 Å². The van der Waals surface area contributed by atoms with Gasteiger partial charge in [0, 0.05) is 10.6 Å². The van der Waals surface area contributed by atoms with Gasteiger partial charge in [0.2, 0.25) is 0 Å². The van der Waals surface area contributed by atoms with Crippen LogP contribution in [0.2, 0.25) is 0 Å². The second-order valence-electron chi connectivity index (χ2n) is 5.07. The SMILES string of the molecule is CNCCC(c1ccccc1)c1ccc2sccc2c1. The first-order valence-electron chi connectivity index (χ1n) is 7.05. The summed E-state index contributed by atoms with van der Waals surface area (Å²) in [6, 6.07) is 19.9. The van der Waals surface area contributed by atoms with Crippen LogP contribution in [0.15, 0.2) is 60.0 Å². The van der Waals surface area contributed by atoms with E-state index in [0.717, 1.165) is 13.0 Å².